The van der Waals surface area contributed by atoms with Gasteiger partial charge in [0.05, 0.1) is 15.2 Å². The van der Waals surface area contributed by atoms with E-state index in [0.717, 1.165) is 9.71 Å². The molecule has 2 aromatic rings. The van der Waals surface area contributed by atoms with Crippen LogP contribution < -0.4 is 0 Å². The molecule has 0 spiro atoms. The minimum absolute atomic E-state index is 0.309. The number of aromatic nitrogens is 1. The molecule has 62 valence electrons. The van der Waals surface area contributed by atoms with Gasteiger partial charge in [-0.2, -0.15) is 0 Å². The minimum atomic E-state index is -0.309. The van der Waals surface area contributed by atoms with Crippen molar-refractivity contribution >= 4 is 34.2 Å². The summed E-state index contributed by atoms with van der Waals surface area (Å²) in [6, 6.07) is 3.12. The second-order valence-corrected chi connectivity index (χ2v) is 4.22. The number of thiol groups is 1. The molecule has 0 saturated carbocycles. The Kier molecular flexibility index (Phi) is 1.81. The first-order chi connectivity index (χ1) is 5.66. The number of hydrogen-bond donors (Lipinski definition) is 1. The maximum Gasteiger partial charge on any atom is 0.138 e. The highest BCUT2D eigenvalue weighted by atomic mass is 32.1. The molecule has 0 saturated heterocycles. The average molecular weight is 199 g/mol. The van der Waals surface area contributed by atoms with Crippen molar-refractivity contribution in [2.24, 2.45) is 0 Å². The van der Waals surface area contributed by atoms with E-state index in [1.54, 1.807) is 17.4 Å². The molecule has 0 aliphatic carbocycles. The molecule has 4 heteroatoms. The number of aryl methyl sites for hydroxylation is 1. The molecule has 0 aliphatic rings. The SMILES string of the molecule is Cc1nc2cc(F)c(S)cc2s1. The molecule has 1 heterocycles. The molecule has 1 aromatic carbocycles. The van der Waals surface area contributed by atoms with Gasteiger partial charge in [-0.1, -0.05) is 0 Å². The molecule has 0 aliphatic heterocycles. The molecule has 1 aromatic heterocycles. The van der Waals surface area contributed by atoms with Gasteiger partial charge in [0.1, 0.15) is 5.82 Å². The summed E-state index contributed by atoms with van der Waals surface area (Å²) in [5.41, 5.74) is 0.716. The van der Waals surface area contributed by atoms with E-state index in [1.165, 1.54) is 6.07 Å². The first kappa shape index (κ1) is 8.01. The monoisotopic (exact) mass is 199 g/mol. The van der Waals surface area contributed by atoms with Gasteiger partial charge in [0.15, 0.2) is 0 Å². The maximum absolute atomic E-state index is 12.9. The summed E-state index contributed by atoms with van der Waals surface area (Å²) in [6.07, 6.45) is 0. The standard InChI is InChI=1S/C8H6FNS2/c1-4-10-6-2-5(9)7(11)3-8(6)12-4/h2-3,11H,1H3. The lowest BCUT2D eigenvalue weighted by Gasteiger charge is -1.92. The molecule has 0 N–H and O–H groups in total. The summed E-state index contributed by atoms with van der Waals surface area (Å²) in [5.74, 6) is -0.309. The predicted octanol–water partition coefficient (Wildman–Crippen LogP) is 3.03. The van der Waals surface area contributed by atoms with Crippen LogP contribution in [-0.2, 0) is 0 Å². The van der Waals surface area contributed by atoms with Crippen molar-refractivity contribution in [3.05, 3.63) is 23.0 Å². The zero-order valence-corrected chi connectivity index (χ0v) is 8.05. The second-order valence-electron chi connectivity index (χ2n) is 2.50. The van der Waals surface area contributed by atoms with Crippen LogP contribution in [0.5, 0.6) is 0 Å². The largest absolute Gasteiger partial charge is 0.241 e. The summed E-state index contributed by atoms with van der Waals surface area (Å²) < 4.78 is 13.9. The third kappa shape index (κ3) is 1.21. The Morgan fingerprint density at radius 2 is 2.25 bits per heavy atom. The highest BCUT2D eigenvalue weighted by Crippen LogP contribution is 2.25. The van der Waals surface area contributed by atoms with Crippen molar-refractivity contribution in [2.75, 3.05) is 0 Å². The fourth-order valence-corrected chi connectivity index (χ4v) is 2.18. The molecule has 0 unspecified atom stereocenters. The van der Waals surface area contributed by atoms with Crippen LogP contribution in [0.15, 0.2) is 17.0 Å². The first-order valence-electron chi connectivity index (χ1n) is 3.42. The van der Waals surface area contributed by atoms with Gasteiger partial charge in [0.2, 0.25) is 0 Å². The fourth-order valence-electron chi connectivity index (χ4n) is 1.05. The Morgan fingerprint density at radius 3 is 3.00 bits per heavy atom. The van der Waals surface area contributed by atoms with Gasteiger partial charge in [-0.15, -0.1) is 24.0 Å². The van der Waals surface area contributed by atoms with Gasteiger partial charge in [-0.25, -0.2) is 9.37 Å². The van der Waals surface area contributed by atoms with Crippen LogP contribution in [0.25, 0.3) is 10.2 Å². The Balaban J connectivity index is 2.83. The van der Waals surface area contributed by atoms with Gasteiger partial charge in [0.25, 0.3) is 0 Å². The van der Waals surface area contributed by atoms with Crippen LogP contribution in [0.2, 0.25) is 0 Å². The van der Waals surface area contributed by atoms with E-state index in [1.807, 2.05) is 6.92 Å². The normalized spacial score (nSPS) is 10.9. The van der Waals surface area contributed by atoms with E-state index < -0.39 is 0 Å². The third-order valence-electron chi connectivity index (χ3n) is 1.56. The molecule has 0 radical (unpaired) electrons. The third-order valence-corrected chi connectivity index (χ3v) is 2.84. The van der Waals surface area contributed by atoms with Crippen molar-refractivity contribution in [3.63, 3.8) is 0 Å². The minimum Gasteiger partial charge on any atom is -0.241 e. The van der Waals surface area contributed by atoms with Gasteiger partial charge in [-0.3, -0.25) is 0 Å². The summed E-state index contributed by atoms with van der Waals surface area (Å²) in [4.78, 5) is 4.54. The second kappa shape index (κ2) is 2.71. The number of rotatable bonds is 0. The van der Waals surface area contributed by atoms with Crippen LogP contribution >= 0.6 is 24.0 Å². The van der Waals surface area contributed by atoms with E-state index in [2.05, 4.69) is 17.6 Å². The maximum atomic E-state index is 12.9. The number of benzene rings is 1. The van der Waals surface area contributed by atoms with Crippen LogP contribution in [0.1, 0.15) is 5.01 Å². The van der Waals surface area contributed by atoms with E-state index in [0.29, 0.717) is 10.4 Å². The zero-order valence-electron chi connectivity index (χ0n) is 6.34. The Bertz CT molecular complexity index is 397. The van der Waals surface area contributed by atoms with Gasteiger partial charge < -0.3 is 0 Å². The summed E-state index contributed by atoms with van der Waals surface area (Å²) in [5, 5.41) is 0.948. The average Bonchev–Trinajstić information content (AvgIpc) is 2.30. The van der Waals surface area contributed by atoms with E-state index in [9.17, 15) is 4.39 Å². The number of hydrogen-bond acceptors (Lipinski definition) is 3. The lowest BCUT2D eigenvalue weighted by Crippen LogP contribution is -1.77. The van der Waals surface area contributed by atoms with Gasteiger partial charge in [0, 0.05) is 11.0 Å². The molecule has 1 nitrogen and oxygen atoms in total. The zero-order chi connectivity index (χ0) is 8.72. The summed E-state index contributed by atoms with van der Waals surface area (Å²) in [7, 11) is 0. The van der Waals surface area contributed by atoms with Crippen molar-refractivity contribution in [1.82, 2.24) is 4.98 Å². The van der Waals surface area contributed by atoms with Crippen molar-refractivity contribution in [2.45, 2.75) is 11.8 Å². The molecule has 0 amide bonds. The lowest BCUT2D eigenvalue weighted by atomic mass is 10.3. The molecule has 0 fully saturated rings. The Morgan fingerprint density at radius 1 is 1.50 bits per heavy atom. The molecular weight excluding hydrogens is 193 g/mol. The molecule has 0 atom stereocenters. The number of fused-ring (bicyclic) bond motifs is 1. The Hall–Kier alpha value is -0.610. The molecule has 2 rings (SSSR count). The van der Waals surface area contributed by atoms with E-state index >= 15 is 0 Å². The van der Waals surface area contributed by atoms with Crippen molar-refractivity contribution in [3.8, 4) is 0 Å². The van der Waals surface area contributed by atoms with Crippen LogP contribution in [0.4, 0.5) is 4.39 Å². The predicted molar refractivity (Wildman–Crippen MR) is 51.6 cm³/mol. The molecular formula is C8H6FNS2. The Labute approximate surface area is 78.7 Å². The molecule has 12 heavy (non-hydrogen) atoms. The summed E-state index contributed by atoms with van der Waals surface area (Å²) in [6.45, 7) is 1.90. The first-order valence-corrected chi connectivity index (χ1v) is 4.69. The van der Waals surface area contributed by atoms with E-state index in [4.69, 9.17) is 0 Å². The van der Waals surface area contributed by atoms with Gasteiger partial charge >= 0.3 is 0 Å². The van der Waals surface area contributed by atoms with Crippen LogP contribution in [-0.4, -0.2) is 4.98 Å². The summed E-state index contributed by atoms with van der Waals surface area (Å²) >= 11 is 5.54. The highest BCUT2D eigenvalue weighted by Gasteiger charge is 2.04. The van der Waals surface area contributed by atoms with Crippen molar-refractivity contribution < 1.29 is 4.39 Å². The van der Waals surface area contributed by atoms with E-state index in [-0.39, 0.29) is 5.82 Å². The fraction of sp³-hybridized carbons (Fsp3) is 0.125. The van der Waals surface area contributed by atoms with Crippen LogP contribution in [0.3, 0.4) is 0 Å². The highest BCUT2D eigenvalue weighted by molar-refractivity contribution is 7.80. The molecule has 0 bridgehead atoms. The smallest absolute Gasteiger partial charge is 0.138 e. The number of nitrogens with zero attached hydrogens (tertiary/aromatic N) is 1. The van der Waals surface area contributed by atoms with Crippen LogP contribution in [0, 0.1) is 12.7 Å². The van der Waals surface area contributed by atoms with Crippen molar-refractivity contribution in [1.29, 1.82) is 0 Å². The topological polar surface area (TPSA) is 12.9 Å². The number of halogens is 1. The quantitative estimate of drug-likeness (QED) is 0.643. The number of thiazole rings is 1. The van der Waals surface area contributed by atoms with Gasteiger partial charge in [-0.05, 0) is 13.0 Å². The lowest BCUT2D eigenvalue weighted by molar-refractivity contribution is 0.605.